The van der Waals surface area contributed by atoms with Crippen LogP contribution in [-0.4, -0.2) is 12.2 Å². The minimum Gasteiger partial charge on any atom is -0.362 e. The molecule has 0 spiro atoms. The van der Waals surface area contributed by atoms with Gasteiger partial charge >= 0.3 is 0 Å². The topological polar surface area (TPSA) is 9.23 Å². The summed E-state index contributed by atoms with van der Waals surface area (Å²) in [5, 5.41) is -0.444. The summed E-state index contributed by atoms with van der Waals surface area (Å²) < 4.78 is 5.24. The van der Waals surface area contributed by atoms with Gasteiger partial charge in [-0.05, 0) is 0 Å². The summed E-state index contributed by atoms with van der Waals surface area (Å²) >= 11 is 6.19. The molecular formula is C8H15ClO. The SMILES string of the molecule is COC1(Cl)C(C)(C)C1(C)C. The molecule has 0 unspecified atom stereocenters. The minimum atomic E-state index is -0.444. The van der Waals surface area contributed by atoms with Crippen molar-refractivity contribution in [3.8, 4) is 0 Å². The van der Waals surface area contributed by atoms with E-state index in [0.29, 0.717) is 0 Å². The molecule has 0 aromatic heterocycles. The number of methoxy groups -OCH3 is 1. The lowest BCUT2D eigenvalue weighted by Gasteiger charge is -2.09. The van der Waals surface area contributed by atoms with Gasteiger partial charge in [-0.1, -0.05) is 39.3 Å². The van der Waals surface area contributed by atoms with Gasteiger partial charge in [-0.3, -0.25) is 0 Å². The molecule has 2 heteroatoms. The lowest BCUT2D eigenvalue weighted by molar-refractivity contribution is 0.103. The zero-order chi connectivity index (χ0) is 8.21. The fraction of sp³-hybridized carbons (Fsp3) is 1.00. The van der Waals surface area contributed by atoms with Gasteiger partial charge < -0.3 is 4.74 Å². The van der Waals surface area contributed by atoms with Crippen LogP contribution in [0.3, 0.4) is 0 Å². The molecule has 60 valence electrons. The zero-order valence-corrected chi connectivity index (χ0v) is 8.04. The second-order valence-electron chi connectivity index (χ2n) is 4.05. The Bertz CT molecular complexity index is 147. The Hall–Kier alpha value is 0.250. The van der Waals surface area contributed by atoms with Gasteiger partial charge in [0.1, 0.15) is 0 Å². The molecule has 0 amide bonds. The van der Waals surface area contributed by atoms with Gasteiger partial charge in [0, 0.05) is 17.9 Å². The molecule has 1 aliphatic rings. The minimum absolute atomic E-state index is 0.0936. The van der Waals surface area contributed by atoms with Gasteiger partial charge in [0.25, 0.3) is 0 Å². The molecule has 0 aromatic rings. The molecule has 1 fully saturated rings. The summed E-state index contributed by atoms with van der Waals surface area (Å²) in [5.74, 6) is 0. The van der Waals surface area contributed by atoms with Gasteiger partial charge in [0.15, 0.2) is 5.06 Å². The van der Waals surface area contributed by atoms with Crippen LogP contribution in [0.15, 0.2) is 0 Å². The van der Waals surface area contributed by atoms with Crippen molar-refractivity contribution in [2.75, 3.05) is 7.11 Å². The zero-order valence-electron chi connectivity index (χ0n) is 7.29. The van der Waals surface area contributed by atoms with Crippen LogP contribution < -0.4 is 0 Å². The Labute approximate surface area is 67.7 Å². The van der Waals surface area contributed by atoms with E-state index >= 15 is 0 Å². The maximum atomic E-state index is 6.19. The lowest BCUT2D eigenvalue weighted by atomic mass is 10.0. The van der Waals surface area contributed by atoms with Crippen LogP contribution >= 0.6 is 11.6 Å². The maximum Gasteiger partial charge on any atom is 0.152 e. The molecular weight excluding hydrogens is 148 g/mol. The Morgan fingerprint density at radius 2 is 1.30 bits per heavy atom. The average Bonchev–Trinajstić information content (AvgIpc) is 2.11. The number of halogens is 1. The fourth-order valence-corrected chi connectivity index (χ4v) is 2.13. The highest BCUT2D eigenvalue weighted by Gasteiger charge is 2.78. The van der Waals surface area contributed by atoms with E-state index in [1.807, 2.05) is 0 Å². The molecule has 0 atom stereocenters. The van der Waals surface area contributed by atoms with E-state index in [2.05, 4.69) is 27.7 Å². The van der Waals surface area contributed by atoms with E-state index in [0.717, 1.165) is 0 Å². The Morgan fingerprint density at radius 3 is 1.30 bits per heavy atom. The predicted octanol–water partition coefficient (Wildman–Crippen LogP) is 2.63. The molecule has 0 N–H and O–H groups in total. The lowest BCUT2D eigenvalue weighted by Crippen LogP contribution is -2.11. The van der Waals surface area contributed by atoms with Gasteiger partial charge in [-0.25, -0.2) is 0 Å². The Kier molecular flexibility index (Phi) is 1.42. The normalized spacial score (nSPS) is 31.8. The van der Waals surface area contributed by atoms with E-state index in [1.54, 1.807) is 7.11 Å². The number of hydrogen-bond acceptors (Lipinski definition) is 1. The highest BCUT2D eigenvalue weighted by atomic mass is 35.5. The van der Waals surface area contributed by atoms with Crippen molar-refractivity contribution in [1.29, 1.82) is 0 Å². The maximum absolute atomic E-state index is 6.19. The van der Waals surface area contributed by atoms with Crippen LogP contribution in [0, 0.1) is 10.8 Å². The van der Waals surface area contributed by atoms with E-state index in [1.165, 1.54) is 0 Å². The monoisotopic (exact) mass is 162 g/mol. The molecule has 1 rings (SSSR count). The summed E-state index contributed by atoms with van der Waals surface area (Å²) in [5.41, 5.74) is 0.187. The molecule has 0 heterocycles. The third kappa shape index (κ3) is 0.543. The van der Waals surface area contributed by atoms with Crippen molar-refractivity contribution in [1.82, 2.24) is 0 Å². The first-order chi connectivity index (χ1) is 4.31. The third-order valence-corrected chi connectivity index (χ3v) is 4.49. The number of hydrogen-bond donors (Lipinski definition) is 0. The van der Waals surface area contributed by atoms with Crippen molar-refractivity contribution in [3.63, 3.8) is 0 Å². The van der Waals surface area contributed by atoms with Crippen molar-refractivity contribution < 1.29 is 4.74 Å². The Balaban J connectivity index is 2.90. The van der Waals surface area contributed by atoms with Gasteiger partial charge in [0.05, 0.1) is 0 Å². The predicted molar refractivity (Wildman–Crippen MR) is 43.2 cm³/mol. The highest BCUT2D eigenvalue weighted by molar-refractivity contribution is 6.26. The number of rotatable bonds is 1. The van der Waals surface area contributed by atoms with Crippen molar-refractivity contribution >= 4 is 11.6 Å². The molecule has 1 nitrogen and oxygen atoms in total. The molecule has 1 saturated carbocycles. The molecule has 0 radical (unpaired) electrons. The van der Waals surface area contributed by atoms with Crippen LogP contribution in [0.2, 0.25) is 0 Å². The van der Waals surface area contributed by atoms with E-state index < -0.39 is 5.06 Å². The Morgan fingerprint density at radius 1 is 1.00 bits per heavy atom. The molecule has 0 bridgehead atoms. The van der Waals surface area contributed by atoms with Gasteiger partial charge in [-0.15, -0.1) is 0 Å². The fourth-order valence-electron chi connectivity index (χ4n) is 1.70. The second-order valence-corrected chi connectivity index (χ2v) is 4.58. The van der Waals surface area contributed by atoms with Crippen LogP contribution in [-0.2, 0) is 4.74 Å². The van der Waals surface area contributed by atoms with Crippen LogP contribution in [0.1, 0.15) is 27.7 Å². The summed E-state index contributed by atoms with van der Waals surface area (Å²) in [6.45, 7) is 8.51. The highest BCUT2D eigenvalue weighted by Crippen LogP contribution is 2.75. The smallest absolute Gasteiger partial charge is 0.152 e. The van der Waals surface area contributed by atoms with Crippen LogP contribution in [0.4, 0.5) is 0 Å². The number of ether oxygens (including phenoxy) is 1. The van der Waals surface area contributed by atoms with E-state index in [9.17, 15) is 0 Å². The largest absolute Gasteiger partial charge is 0.362 e. The van der Waals surface area contributed by atoms with Crippen molar-refractivity contribution in [2.45, 2.75) is 32.8 Å². The first-order valence-corrected chi connectivity index (χ1v) is 3.93. The van der Waals surface area contributed by atoms with Crippen LogP contribution in [0.5, 0.6) is 0 Å². The molecule has 0 aliphatic heterocycles. The van der Waals surface area contributed by atoms with E-state index in [-0.39, 0.29) is 10.8 Å². The summed E-state index contributed by atoms with van der Waals surface area (Å²) in [7, 11) is 1.67. The standard InChI is InChI=1S/C8H15ClO/c1-6(2)7(3,4)8(6,9)10-5/h1-5H3. The van der Waals surface area contributed by atoms with Crippen LogP contribution in [0.25, 0.3) is 0 Å². The molecule has 1 aliphatic carbocycles. The second kappa shape index (κ2) is 1.70. The summed E-state index contributed by atoms with van der Waals surface area (Å²) in [4.78, 5) is 0. The van der Waals surface area contributed by atoms with Crippen molar-refractivity contribution in [3.05, 3.63) is 0 Å². The average molecular weight is 163 g/mol. The molecule has 10 heavy (non-hydrogen) atoms. The molecule has 0 saturated heterocycles. The quantitative estimate of drug-likeness (QED) is 0.539. The summed E-state index contributed by atoms with van der Waals surface area (Å²) in [6.07, 6.45) is 0. The van der Waals surface area contributed by atoms with Gasteiger partial charge in [-0.2, -0.15) is 0 Å². The first kappa shape index (κ1) is 8.35. The number of alkyl halides is 1. The van der Waals surface area contributed by atoms with E-state index in [4.69, 9.17) is 16.3 Å². The third-order valence-electron chi connectivity index (χ3n) is 3.39. The van der Waals surface area contributed by atoms with Gasteiger partial charge in [0.2, 0.25) is 0 Å². The van der Waals surface area contributed by atoms with Crippen molar-refractivity contribution in [2.24, 2.45) is 10.8 Å². The first-order valence-electron chi connectivity index (χ1n) is 3.55. The molecule has 0 aromatic carbocycles. The summed E-state index contributed by atoms with van der Waals surface area (Å²) in [6, 6.07) is 0.